The SMILES string of the molecule is CNCCCCOc1c(Cl)cc(C(=O)NC(Cc2ccccc2)C(=O)OC)c(OC(=O)CCN)c1Cl. The first-order chi connectivity index (χ1) is 17.3. The number of amides is 1. The van der Waals surface area contributed by atoms with E-state index in [1.54, 1.807) is 0 Å². The molecule has 9 nitrogen and oxygen atoms in total. The molecule has 2 rings (SSSR count). The summed E-state index contributed by atoms with van der Waals surface area (Å²) in [4.78, 5) is 37.9. The molecule has 0 fully saturated rings. The number of hydrogen-bond donors (Lipinski definition) is 3. The van der Waals surface area contributed by atoms with Crippen molar-refractivity contribution >= 4 is 41.0 Å². The summed E-state index contributed by atoms with van der Waals surface area (Å²) in [6.45, 7) is 1.17. The van der Waals surface area contributed by atoms with Crippen LogP contribution in [-0.4, -0.2) is 57.7 Å². The molecule has 1 amide bonds. The maximum Gasteiger partial charge on any atom is 0.328 e. The van der Waals surface area contributed by atoms with Gasteiger partial charge >= 0.3 is 11.9 Å². The Morgan fingerprint density at radius 3 is 2.44 bits per heavy atom. The van der Waals surface area contributed by atoms with Gasteiger partial charge in [0, 0.05) is 13.0 Å². The van der Waals surface area contributed by atoms with E-state index in [1.165, 1.54) is 13.2 Å². The molecule has 0 saturated heterocycles. The monoisotopic (exact) mass is 539 g/mol. The molecule has 0 heterocycles. The van der Waals surface area contributed by atoms with Crippen LogP contribution in [0.2, 0.25) is 10.0 Å². The number of nitrogens with two attached hydrogens (primary N) is 1. The predicted octanol–water partition coefficient (Wildman–Crippen LogP) is 3.14. The zero-order chi connectivity index (χ0) is 26.5. The molecular formula is C25H31Cl2N3O6. The lowest BCUT2D eigenvalue weighted by molar-refractivity contribution is -0.143. The Hall–Kier alpha value is -2.85. The van der Waals surface area contributed by atoms with Gasteiger partial charge in [0.1, 0.15) is 11.1 Å². The van der Waals surface area contributed by atoms with Crippen molar-refractivity contribution in [2.45, 2.75) is 31.7 Å². The van der Waals surface area contributed by atoms with E-state index in [1.807, 2.05) is 37.4 Å². The lowest BCUT2D eigenvalue weighted by Gasteiger charge is -2.20. The second kappa shape index (κ2) is 15.3. The zero-order valence-electron chi connectivity index (χ0n) is 20.3. The third-order valence-corrected chi connectivity index (χ3v) is 5.71. The van der Waals surface area contributed by atoms with Crippen LogP contribution >= 0.6 is 23.2 Å². The number of methoxy groups -OCH3 is 1. The van der Waals surface area contributed by atoms with Crippen LogP contribution in [0.1, 0.15) is 35.2 Å². The third-order valence-electron chi connectivity index (χ3n) is 5.08. The molecule has 0 aromatic heterocycles. The van der Waals surface area contributed by atoms with E-state index in [9.17, 15) is 14.4 Å². The van der Waals surface area contributed by atoms with Gasteiger partial charge in [0.15, 0.2) is 11.5 Å². The minimum absolute atomic E-state index is 0.0435. The van der Waals surface area contributed by atoms with Gasteiger partial charge in [-0.15, -0.1) is 0 Å². The smallest absolute Gasteiger partial charge is 0.328 e. The predicted molar refractivity (Wildman–Crippen MR) is 138 cm³/mol. The van der Waals surface area contributed by atoms with Crippen LogP contribution in [0.5, 0.6) is 11.5 Å². The Balaban J connectivity index is 2.36. The molecule has 2 aromatic rings. The van der Waals surface area contributed by atoms with Gasteiger partial charge in [-0.1, -0.05) is 53.5 Å². The zero-order valence-corrected chi connectivity index (χ0v) is 21.8. The summed E-state index contributed by atoms with van der Waals surface area (Å²) in [6, 6.07) is 9.38. The molecule has 0 aliphatic heterocycles. The highest BCUT2D eigenvalue weighted by Gasteiger charge is 2.28. The van der Waals surface area contributed by atoms with Crippen LogP contribution in [0.4, 0.5) is 0 Å². The normalized spacial score (nSPS) is 11.5. The van der Waals surface area contributed by atoms with E-state index in [4.69, 9.17) is 43.1 Å². The number of benzene rings is 2. The second-order valence-corrected chi connectivity index (χ2v) is 8.57. The standard InChI is InChI=1S/C25H31Cl2N3O6/c1-29-12-6-7-13-35-23-18(26)15-17(22(21(23)27)36-20(31)10-11-28)24(32)30-19(25(33)34-2)14-16-8-4-3-5-9-16/h3-5,8-9,15,19,29H,6-7,10-14,28H2,1-2H3,(H,30,32). The number of unbranched alkanes of at least 4 members (excludes halogenated alkanes) is 1. The summed E-state index contributed by atoms with van der Waals surface area (Å²) < 4.78 is 16.0. The maximum absolute atomic E-state index is 13.3. The van der Waals surface area contributed by atoms with Crippen molar-refractivity contribution in [1.29, 1.82) is 0 Å². The summed E-state index contributed by atoms with van der Waals surface area (Å²) in [6.07, 6.45) is 1.66. The van der Waals surface area contributed by atoms with E-state index in [2.05, 4.69) is 10.6 Å². The molecule has 1 unspecified atom stereocenters. The van der Waals surface area contributed by atoms with Crippen LogP contribution in [0.25, 0.3) is 0 Å². The summed E-state index contributed by atoms with van der Waals surface area (Å²) in [7, 11) is 3.08. The fourth-order valence-electron chi connectivity index (χ4n) is 3.27. The van der Waals surface area contributed by atoms with Crippen molar-refractivity contribution in [3.05, 3.63) is 57.6 Å². The maximum atomic E-state index is 13.3. The van der Waals surface area contributed by atoms with Crippen LogP contribution in [0.15, 0.2) is 36.4 Å². The van der Waals surface area contributed by atoms with Gasteiger partial charge < -0.3 is 30.6 Å². The number of ether oxygens (including phenoxy) is 3. The van der Waals surface area contributed by atoms with Gasteiger partial charge in [0.25, 0.3) is 5.91 Å². The van der Waals surface area contributed by atoms with Crippen molar-refractivity contribution in [2.75, 3.05) is 33.9 Å². The highest BCUT2D eigenvalue weighted by molar-refractivity contribution is 6.39. The molecule has 0 aliphatic rings. The van der Waals surface area contributed by atoms with Crippen molar-refractivity contribution < 1.29 is 28.6 Å². The second-order valence-electron chi connectivity index (χ2n) is 7.79. The number of esters is 2. The van der Waals surface area contributed by atoms with Gasteiger partial charge in [-0.2, -0.15) is 0 Å². The number of nitrogens with one attached hydrogen (secondary N) is 2. The van der Waals surface area contributed by atoms with Crippen molar-refractivity contribution in [3.63, 3.8) is 0 Å². The number of hydrogen-bond acceptors (Lipinski definition) is 8. The lowest BCUT2D eigenvalue weighted by atomic mass is 10.1. The fraction of sp³-hybridized carbons (Fsp3) is 0.400. The number of carbonyl (C=O) groups is 3. The van der Waals surface area contributed by atoms with Crippen LogP contribution in [-0.2, 0) is 20.7 Å². The highest BCUT2D eigenvalue weighted by atomic mass is 35.5. The van der Waals surface area contributed by atoms with Crippen LogP contribution in [0, 0.1) is 0 Å². The van der Waals surface area contributed by atoms with Crippen molar-refractivity contribution in [1.82, 2.24) is 10.6 Å². The fourth-order valence-corrected chi connectivity index (χ4v) is 3.87. The minimum atomic E-state index is -1.02. The van der Waals surface area contributed by atoms with Gasteiger partial charge in [0.2, 0.25) is 0 Å². The first kappa shape index (κ1) is 29.4. The lowest BCUT2D eigenvalue weighted by Crippen LogP contribution is -2.43. The molecule has 0 spiro atoms. The molecule has 0 saturated carbocycles. The number of halogens is 2. The molecule has 2 aromatic carbocycles. The quantitative estimate of drug-likeness (QED) is 0.189. The average Bonchev–Trinajstić information content (AvgIpc) is 2.87. The Bertz CT molecular complexity index is 1040. The molecule has 196 valence electrons. The van der Waals surface area contributed by atoms with E-state index in [0.717, 1.165) is 24.9 Å². The third kappa shape index (κ3) is 8.67. The molecule has 36 heavy (non-hydrogen) atoms. The molecule has 4 N–H and O–H groups in total. The van der Waals surface area contributed by atoms with Crippen LogP contribution < -0.4 is 25.8 Å². The summed E-state index contributed by atoms with van der Waals surface area (Å²) in [5, 5.41) is 5.58. The Morgan fingerprint density at radius 1 is 1.08 bits per heavy atom. The van der Waals surface area contributed by atoms with Gasteiger partial charge in [-0.25, -0.2) is 4.79 Å². The Kier molecular flexibility index (Phi) is 12.5. The van der Waals surface area contributed by atoms with Gasteiger partial charge in [-0.3, -0.25) is 9.59 Å². The average molecular weight is 540 g/mol. The van der Waals surface area contributed by atoms with Crippen molar-refractivity contribution in [3.8, 4) is 11.5 Å². The molecule has 11 heteroatoms. The summed E-state index contributed by atoms with van der Waals surface area (Å²) in [5.41, 5.74) is 6.12. The molecule has 0 aliphatic carbocycles. The Morgan fingerprint density at radius 2 is 1.81 bits per heavy atom. The first-order valence-corrected chi connectivity index (χ1v) is 12.2. The van der Waals surface area contributed by atoms with Crippen LogP contribution in [0.3, 0.4) is 0 Å². The van der Waals surface area contributed by atoms with Gasteiger partial charge in [0.05, 0.1) is 30.7 Å². The minimum Gasteiger partial charge on any atom is -0.490 e. The molecule has 1 atom stereocenters. The molecule has 0 radical (unpaired) electrons. The van der Waals surface area contributed by atoms with Gasteiger partial charge in [-0.05, 0) is 38.1 Å². The largest absolute Gasteiger partial charge is 0.490 e. The number of carbonyl (C=O) groups excluding carboxylic acids is 3. The molecule has 0 bridgehead atoms. The summed E-state index contributed by atoms with van der Waals surface area (Å²) in [5.74, 6) is -2.22. The topological polar surface area (TPSA) is 129 Å². The van der Waals surface area contributed by atoms with E-state index in [0.29, 0.717) is 6.61 Å². The van der Waals surface area contributed by atoms with E-state index < -0.39 is 23.9 Å². The molecular weight excluding hydrogens is 509 g/mol. The first-order valence-electron chi connectivity index (χ1n) is 11.4. The van der Waals surface area contributed by atoms with E-state index >= 15 is 0 Å². The van der Waals surface area contributed by atoms with E-state index in [-0.39, 0.29) is 46.5 Å². The Labute approximate surface area is 220 Å². The summed E-state index contributed by atoms with van der Waals surface area (Å²) >= 11 is 12.9. The highest BCUT2D eigenvalue weighted by Crippen LogP contribution is 2.43. The van der Waals surface area contributed by atoms with Crippen molar-refractivity contribution in [2.24, 2.45) is 5.73 Å². The number of rotatable bonds is 14.